The Morgan fingerprint density at radius 2 is 1.81 bits per heavy atom. The van der Waals surface area contributed by atoms with Crippen LogP contribution in [-0.4, -0.2) is 23.5 Å². The second-order valence-corrected chi connectivity index (χ2v) is 8.60. The summed E-state index contributed by atoms with van der Waals surface area (Å²) < 4.78 is 25.8. The van der Waals surface area contributed by atoms with E-state index < -0.39 is 23.5 Å². The van der Waals surface area contributed by atoms with Crippen LogP contribution in [0.4, 0.5) is 8.78 Å². The molecule has 1 fully saturated rings. The van der Waals surface area contributed by atoms with Crippen LogP contribution < -0.4 is 5.32 Å². The third kappa shape index (κ3) is 3.04. The first-order valence-electron chi connectivity index (χ1n) is 8.26. The lowest BCUT2D eigenvalue weighted by Gasteiger charge is -2.53. The number of halogens is 3. The Bertz CT molecular complexity index is 821. The topological polar surface area (TPSA) is 32.3 Å². The SMILES string of the molecule is CN1C(=O)C(c2ccc(C(F)F)cc2)[C@@](C)(c2sccc2Cl)NC1(C)C. The maximum atomic E-state index is 13.3. The molecule has 1 aromatic heterocycles. The van der Waals surface area contributed by atoms with Crippen molar-refractivity contribution in [1.29, 1.82) is 0 Å². The molecular weight excluding hydrogens is 378 g/mol. The van der Waals surface area contributed by atoms with Gasteiger partial charge >= 0.3 is 0 Å². The maximum absolute atomic E-state index is 13.3. The van der Waals surface area contributed by atoms with Crippen molar-refractivity contribution in [3.05, 3.63) is 56.7 Å². The van der Waals surface area contributed by atoms with Gasteiger partial charge in [-0.25, -0.2) is 8.78 Å². The predicted molar refractivity (Wildman–Crippen MR) is 101 cm³/mol. The van der Waals surface area contributed by atoms with Crippen LogP contribution in [-0.2, 0) is 10.3 Å². The fourth-order valence-corrected chi connectivity index (χ4v) is 5.07. The van der Waals surface area contributed by atoms with Gasteiger partial charge in [-0.2, -0.15) is 0 Å². The lowest BCUT2D eigenvalue weighted by atomic mass is 9.74. The Morgan fingerprint density at radius 1 is 1.19 bits per heavy atom. The second-order valence-electron chi connectivity index (χ2n) is 7.28. The molecule has 1 saturated heterocycles. The number of nitrogens with zero attached hydrogens (tertiary/aromatic N) is 1. The van der Waals surface area contributed by atoms with Crippen LogP contribution in [0, 0.1) is 0 Å². The molecule has 2 heterocycles. The van der Waals surface area contributed by atoms with E-state index in [0.717, 1.165) is 4.88 Å². The molecule has 1 aliphatic rings. The first-order chi connectivity index (χ1) is 12.1. The summed E-state index contributed by atoms with van der Waals surface area (Å²) in [6.07, 6.45) is -2.54. The van der Waals surface area contributed by atoms with Gasteiger partial charge in [0.1, 0.15) is 0 Å². The van der Waals surface area contributed by atoms with E-state index in [4.69, 9.17) is 11.6 Å². The van der Waals surface area contributed by atoms with Crippen molar-refractivity contribution < 1.29 is 13.6 Å². The molecule has 3 rings (SSSR count). The highest BCUT2D eigenvalue weighted by molar-refractivity contribution is 7.10. The van der Waals surface area contributed by atoms with Crippen LogP contribution in [0.5, 0.6) is 0 Å². The summed E-state index contributed by atoms with van der Waals surface area (Å²) in [4.78, 5) is 15.8. The zero-order valence-electron chi connectivity index (χ0n) is 15.0. The van der Waals surface area contributed by atoms with Crippen LogP contribution in [0.3, 0.4) is 0 Å². The van der Waals surface area contributed by atoms with E-state index in [1.54, 1.807) is 30.1 Å². The number of hydrogen-bond acceptors (Lipinski definition) is 3. The Morgan fingerprint density at radius 3 is 2.31 bits per heavy atom. The highest BCUT2D eigenvalue weighted by Crippen LogP contribution is 2.47. The van der Waals surface area contributed by atoms with Gasteiger partial charge in [0, 0.05) is 17.5 Å². The van der Waals surface area contributed by atoms with Crippen molar-refractivity contribution in [2.45, 2.75) is 44.3 Å². The summed E-state index contributed by atoms with van der Waals surface area (Å²) in [6, 6.07) is 7.78. The van der Waals surface area contributed by atoms with Crippen molar-refractivity contribution >= 4 is 28.8 Å². The molecule has 0 aliphatic carbocycles. The van der Waals surface area contributed by atoms with Crippen LogP contribution in [0.1, 0.15) is 49.1 Å². The number of rotatable bonds is 3. The number of amides is 1. The van der Waals surface area contributed by atoms with Gasteiger partial charge in [0.25, 0.3) is 6.43 Å². The van der Waals surface area contributed by atoms with Gasteiger partial charge < -0.3 is 4.90 Å². The third-order valence-electron chi connectivity index (χ3n) is 5.17. The Labute approximate surface area is 161 Å². The fourth-order valence-electron chi connectivity index (χ4n) is 3.67. The fraction of sp³-hybridized carbons (Fsp3) is 0.421. The molecule has 1 unspecified atom stereocenters. The number of alkyl halides is 2. The summed E-state index contributed by atoms with van der Waals surface area (Å²) in [5, 5.41) is 6.04. The first kappa shape index (κ1) is 19.3. The van der Waals surface area contributed by atoms with Crippen LogP contribution in [0.2, 0.25) is 5.02 Å². The maximum Gasteiger partial charge on any atom is 0.263 e. The highest BCUT2D eigenvalue weighted by atomic mass is 35.5. The lowest BCUT2D eigenvalue weighted by Crippen LogP contribution is -2.70. The van der Waals surface area contributed by atoms with Gasteiger partial charge in [0.15, 0.2) is 0 Å². The van der Waals surface area contributed by atoms with E-state index in [2.05, 4.69) is 5.32 Å². The molecule has 0 spiro atoms. The molecule has 2 atom stereocenters. The molecule has 140 valence electrons. The molecule has 26 heavy (non-hydrogen) atoms. The number of carbonyl (C=O) groups excluding carboxylic acids is 1. The minimum atomic E-state index is -2.54. The summed E-state index contributed by atoms with van der Waals surface area (Å²) in [5.74, 6) is -0.658. The molecule has 0 radical (unpaired) electrons. The second kappa shape index (κ2) is 6.59. The number of carbonyl (C=O) groups is 1. The Hall–Kier alpha value is -1.50. The van der Waals surface area contributed by atoms with Gasteiger partial charge in [0.05, 0.1) is 22.1 Å². The highest BCUT2D eigenvalue weighted by Gasteiger charge is 2.53. The van der Waals surface area contributed by atoms with Crippen molar-refractivity contribution in [2.24, 2.45) is 0 Å². The zero-order valence-corrected chi connectivity index (χ0v) is 16.6. The standard InChI is InChI=1S/C19H21ClF2N2OS/c1-18(2)23-19(3,15-13(20)9-10-26-15)14(17(25)24(18)4)11-5-7-12(8-6-11)16(21)22/h5-10,14,16,23H,1-4H3/t14?,19-/m0/s1. The molecular formula is C19H21ClF2N2OS. The quantitative estimate of drug-likeness (QED) is 0.776. The minimum absolute atomic E-state index is 0.0606. The van der Waals surface area contributed by atoms with Gasteiger partial charge in [-0.3, -0.25) is 10.1 Å². The van der Waals surface area contributed by atoms with Crippen LogP contribution in [0.25, 0.3) is 0 Å². The Kier molecular flexibility index (Phi) is 4.88. The molecule has 1 aliphatic heterocycles. The minimum Gasteiger partial charge on any atom is -0.327 e. The molecule has 1 N–H and O–H groups in total. The number of thiophene rings is 1. The summed E-state index contributed by atoms with van der Waals surface area (Å²) in [5.41, 5.74) is -0.723. The summed E-state index contributed by atoms with van der Waals surface area (Å²) in [7, 11) is 1.74. The van der Waals surface area contributed by atoms with Crippen molar-refractivity contribution in [3.8, 4) is 0 Å². The number of likely N-dealkylation sites (N-methyl/N-ethyl adjacent to an activating group) is 1. The van der Waals surface area contributed by atoms with E-state index in [-0.39, 0.29) is 11.5 Å². The largest absolute Gasteiger partial charge is 0.327 e. The van der Waals surface area contributed by atoms with Gasteiger partial charge in [-0.1, -0.05) is 35.9 Å². The lowest BCUT2D eigenvalue weighted by molar-refractivity contribution is -0.147. The predicted octanol–water partition coefficient (Wildman–Crippen LogP) is 5.14. The van der Waals surface area contributed by atoms with E-state index in [1.807, 2.05) is 26.2 Å². The molecule has 0 bridgehead atoms. The zero-order chi connectivity index (χ0) is 19.3. The molecule has 0 saturated carbocycles. The van der Waals surface area contributed by atoms with Crippen molar-refractivity contribution in [2.75, 3.05) is 7.05 Å². The van der Waals surface area contributed by atoms with E-state index in [0.29, 0.717) is 10.6 Å². The van der Waals surface area contributed by atoms with E-state index in [1.165, 1.54) is 23.5 Å². The van der Waals surface area contributed by atoms with Gasteiger partial charge in [-0.15, -0.1) is 11.3 Å². The van der Waals surface area contributed by atoms with E-state index >= 15 is 0 Å². The van der Waals surface area contributed by atoms with E-state index in [9.17, 15) is 13.6 Å². The van der Waals surface area contributed by atoms with Crippen LogP contribution >= 0.6 is 22.9 Å². The molecule has 3 nitrogen and oxygen atoms in total. The summed E-state index contributed by atoms with van der Waals surface area (Å²) >= 11 is 7.89. The first-order valence-corrected chi connectivity index (χ1v) is 9.52. The molecule has 2 aromatic rings. The van der Waals surface area contributed by atoms with Gasteiger partial charge in [0.2, 0.25) is 5.91 Å². The third-order valence-corrected chi connectivity index (χ3v) is 6.75. The molecule has 1 aromatic carbocycles. The average Bonchev–Trinajstić information content (AvgIpc) is 3.00. The summed E-state index contributed by atoms with van der Waals surface area (Å²) in [6.45, 7) is 5.81. The smallest absolute Gasteiger partial charge is 0.263 e. The monoisotopic (exact) mass is 398 g/mol. The molecule has 7 heteroatoms. The average molecular weight is 399 g/mol. The molecule has 1 amide bonds. The number of benzene rings is 1. The van der Waals surface area contributed by atoms with Gasteiger partial charge in [-0.05, 0) is 37.8 Å². The Balaban J connectivity index is 2.15. The normalized spacial score (nSPS) is 25.8. The van der Waals surface area contributed by atoms with Crippen molar-refractivity contribution in [3.63, 3.8) is 0 Å². The van der Waals surface area contributed by atoms with Crippen LogP contribution in [0.15, 0.2) is 35.7 Å². The van der Waals surface area contributed by atoms with Crippen molar-refractivity contribution in [1.82, 2.24) is 10.2 Å². The number of nitrogens with one attached hydrogen (secondary N) is 1. The number of hydrogen-bond donors (Lipinski definition) is 1.